The third-order valence-corrected chi connectivity index (χ3v) is 5.32. The lowest BCUT2D eigenvalue weighted by atomic mass is 10.1. The van der Waals surface area contributed by atoms with Gasteiger partial charge in [0.25, 0.3) is 0 Å². The molecular formula is C22H19N8O+. The van der Waals surface area contributed by atoms with E-state index >= 15 is 0 Å². The maximum Gasteiger partial charge on any atom is 0.308 e. The zero-order valence-electron chi connectivity index (χ0n) is 16.6. The summed E-state index contributed by atoms with van der Waals surface area (Å²) >= 11 is 0. The predicted molar refractivity (Wildman–Crippen MR) is 112 cm³/mol. The van der Waals surface area contributed by atoms with Gasteiger partial charge in [-0.25, -0.2) is 14.6 Å². The van der Waals surface area contributed by atoms with Crippen LogP contribution in [0.25, 0.3) is 17.0 Å². The molecule has 1 unspecified atom stereocenters. The monoisotopic (exact) mass is 411 g/mol. The average Bonchev–Trinajstić information content (AvgIpc) is 3.47. The molecule has 1 amide bonds. The van der Waals surface area contributed by atoms with Crippen LogP contribution in [0, 0.1) is 11.3 Å². The second-order valence-corrected chi connectivity index (χ2v) is 7.36. The molecule has 0 saturated heterocycles. The second-order valence-electron chi connectivity index (χ2n) is 7.36. The molecule has 0 fully saturated rings. The Labute approximate surface area is 178 Å². The van der Waals surface area contributed by atoms with Crippen molar-refractivity contribution in [3.8, 4) is 17.5 Å². The first-order valence-electron chi connectivity index (χ1n) is 9.99. The van der Waals surface area contributed by atoms with Crippen LogP contribution in [0.4, 0.5) is 0 Å². The molecular weight excluding hydrogens is 392 g/mol. The van der Waals surface area contributed by atoms with Gasteiger partial charge in [0.15, 0.2) is 5.82 Å². The number of hydrogen-bond acceptors (Lipinski definition) is 6. The molecule has 0 spiro atoms. The Morgan fingerprint density at radius 2 is 2.03 bits per heavy atom. The van der Waals surface area contributed by atoms with E-state index in [9.17, 15) is 4.79 Å². The number of quaternary nitrogens is 1. The molecule has 3 aromatic rings. The van der Waals surface area contributed by atoms with Crippen molar-refractivity contribution in [2.75, 3.05) is 0 Å². The Hall–Kier alpha value is -4.16. The van der Waals surface area contributed by atoms with Gasteiger partial charge >= 0.3 is 5.91 Å². The smallest absolute Gasteiger partial charge is 0.308 e. The number of pyridine rings is 1. The van der Waals surface area contributed by atoms with Gasteiger partial charge in [-0.2, -0.15) is 15.8 Å². The number of nitriles is 1. The first-order valence-corrected chi connectivity index (χ1v) is 9.99. The summed E-state index contributed by atoms with van der Waals surface area (Å²) in [5, 5.41) is 20.9. The lowest BCUT2D eigenvalue weighted by Crippen LogP contribution is -2.77. The fraction of sp³-hybridized carbons (Fsp3) is 0.182. The Morgan fingerprint density at radius 3 is 2.87 bits per heavy atom. The Balaban J connectivity index is 1.32. The van der Waals surface area contributed by atoms with Crippen LogP contribution in [0.5, 0.6) is 0 Å². The molecule has 1 atom stereocenters. The van der Waals surface area contributed by atoms with Gasteiger partial charge in [0.05, 0.1) is 17.5 Å². The lowest BCUT2D eigenvalue weighted by Gasteiger charge is -2.22. The molecule has 2 aliphatic heterocycles. The first kappa shape index (κ1) is 18.8. The third kappa shape index (κ3) is 3.72. The number of rotatable bonds is 4. The number of carbonyl (C=O) groups excluding carboxylic acids is 1. The van der Waals surface area contributed by atoms with E-state index in [1.165, 1.54) is 5.43 Å². The van der Waals surface area contributed by atoms with Crippen LogP contribution >= 0.6 is 0 Å². The first-order chi connectivity index (χ1) is 15.2. The Bertz CT molecular complexity index is 1250. The molecule has 2 aliphatic rings. The fourth-order valence-corrected chi connectivity index (χ4v) is 3.76. The van der Waals surface area contributed by atoms with Crippen molar-refractivity contribution in [2.24, 2.45) is 5.10 Å². The molecule has 0 aliphatic carbocycles. The van der Waals surface area contributed by atoms with E-state index < -0.39 is 0 Å². The topological polar surface area (TPSA) is 125 Å². The maximum atomic E-state index is 13.0. The largest absolute Gasteiger partial charge is 0.344 e. The number of nitrogens with two attached hydrogens (primary N) is 1. The van der Waals surface area contributed by atoms with E-state index in [0.717, 1.165) is 17.8 Å². The molecule has 9 nitrogen and oxygen atoms in total. The molecule has 1 aromatic carbocycles. The minimum absolute atomic E-state index is 0.0472. The highest BCUT2D eigenvalue weighted by Gasteiger charge is 2.30. The van der Waals surface area contributed by atoms with E-state index in [4.69, 9.17) is 5.26 Å². The summed E-state index contributed by atoms with van der Waals surface area (Å²) in [6.45, 7) is 0.692. The Morgan fingerprint density at radius 1 is 1.16 bits per heavy atom. The number of carbonyl (C=O) groups is 1. The van der Waals surface area contributed by atoms with Crippen molar-refractivity contribution in [3.63, 3.8) is 0 Å². The van der Waals surface area contributed by atoms with E-state index in [-0.39, 0.29) is 11.9 Å². The van der Waals surface area contributed by atoms with Crippen molar-refractivity contribution < 1.29 is 10.2 Å². The number of aromatic nitrogens is 4. The van der Waals surface area contributed by atoms with E-state index in [2.05, 4.69) is 25.5 Å². The van der Waals surface area contributed by atoms with Crippen LogP contribution in [-0.2, 0) is 17.8 Å². The van der Waals surface area contributed by atoms with Gasteiger partial charge in [0.1, 0.15) is 17.6 Å². The maximum absolute atomic E-state index is 13.0. The Kier molecular flexibility index (Phi) is 4.82. The zero-order valence-corrected chi connectivity index (χ0v) is 16.6. The van der Waals surface area contributed by atoms with E-state index in [1.807, 2.05) is 41.1 Å². The molecule has 0 radical (unpaired) electrons. The summed E-state index contributed by atoms with van der Waals surface area (Å²) in [7, 11) is 0. The van der Waals surface area contributed by atoms with Gasteiger partial charge in [0.2, 0.25) is 5.70 Å². The number of amides is 1. The molecule has 9 heteroatoms. The molecule has 5 rings (SSSR count). The number of nitrogens with one attached hydrogen (secondary N) is 1. The molecule has 2 aromatic heterocycles. The number of hydrogen-bond donors (Lipinski definition) is 2. The summed E-state index contributed by atoms with van der Waals surface area (Å²) in [5.41, 5.74) is 4.41. The van der Waals surface area contributed by atoms with Gasteiger partial charge in [-0.05, 0) is 18.6 Å². The van der Waals surface area contributed by atoms with Gasteiger partial charge < -0.3 is 5.32 Å². The highest BCUT2D eigenvalue weighted by Crippen LogP contribution is 2.20. The van der Waals surface area contributed by atoms with Gasteiger partial charge in [0, 0.05) is 24.6 Å². The van der Waals surface area contributed by atoms with Crippen LogP contribution in [-0.4, -0.2) is 37.9 Å². The molecule has 4 heterocycles. The van der Waals surface area contributed by atoms with Crippen LogP contribution in [0.15, 0.2) is 59.3 Å². The van der Waals surface area contributed by atoms with Gasteiger partial charge in [-0.15, -0.1) is 0 Å². The predicted octanol–water partition coefficient (Wildman–Crippen LogP) is 0.617. The van der Waals surface area contributed by atoms with Crippen LogP contribution < -0.4 is 10.7 Å². The van der Waals surface area contributed by atoms with Crippen molar-refractivity contribution in [2.45, 2.75) is 25.4 Å². The molecule has 3 N–H and O–H groups in total. The van der Waals surface area contributed by atoms with Gasteiger partial charge in [-0.3, -0.25) is 4.79 Å². The minimum atomic E-state index is -0.210. The van der Waals surface area contributed by atoms with Crippen molar-refractivity contribution >= 4 is 17.7 Å². The highest BCUT2D eigenvalue weighted by atomic mass is 16.2. The minimum Gasteiger partial charge on any atom is -0.344 e. The summed E-state index contributed by atoms with van der Waals surface area (Å²) < 4.78 is 1.91. The highest BCUT2D eigenvalue weighted by molar-refractivity contribution is 6.18. The second kappa shape index (κ2) is 7.93. The van der Waals surface area contributed by atoms with Crippen LogP contribution in [0.1, 0.15) is 23.6 Å². The quantitative estimate of drug-likeness (QED) is 0.609. The zero-order chi connectivity index (χ0) is 21.2. The standard InChI is InChI=1S/C22H18N8O/c23-12-16-7-4-8-18(25-16)17-13-24-28-20(17)22(31)26-15-9-10-30-19(11-15)27-21(29-30)14-5-2-1-3-6-14/h1-8,13,15H,9-11H2,(H,24,28)(H,26,31)/p+1. The number of fused-ring (bicyclic) bond motifs is 1. The normalized spacial score (nSPS) is 17.3. The van der Waals surface area contributed by atoms with Crippen LogP contribution in [0.2, 0.25) is 0 Å². The summed E-state index contributed by atoms with van der Waals surface area (Å²) in [6, 6.07) is 17.0. The molecule has 0 saturated carbocycles. The van der Waals surface area contributed by atoms with Gasteiger partial charge in [-0.1, -0.05) is 41.5 Å². The number of aryl methyl sites for hydroxylation is 1. The SMILES string of the molecule is N#Cc1cccc(C2=C(C(=O)NC3CCn4nc(-c5ccccc5)nc4C3)[NH2+]N=C2)n1. The van der Waals surface area contributed by atoms with Crippen molar-refractivity contribution in [3.05, 3.63) is 71.4 Å². The van der Waals surface area contributed by atoms with E-state index in [0.29, 0.717) is 41.4 Å². The summed E-state index contributed by atoms with van der Waals surface area (Å²) in [4.78, 5) is 21.9. The number of nitrogens with zero attached hydrogens (tertiary/aromatic N) is 6. The van der Waals surface area contributed by atoms with E-state index in [1.54, 1.807) is 24.4 Å². The lowest BCUT2D eigenvalue weighted by molar-refractivity contribution is -0.602. The third-order valence-electron chi connectivity index (χ3n) is 5.32. The fourth-order valence-electron chi connectivity index (χ4n) is 3.76. The number of allylic oxidation sites excluding steroid dienone is 1. The molecule has 152 valence electrons. The summed E-state index contributed by atoms with van der Waals surface area (Å²) in [5.74, 6) is 1.35. The summed E-state index contributed by atoms with van der Waals surface area (Å²) in [6.07, 6.45) is 2.97. The molecule has 31 heavy (non-hydrogen) atoms. The van der Waals surface area contributed by atoms with Crippen molar-refractivity contribution in [1.29, 1.82) is 5.26 Å². The van der Waals surface area contributed by atoms with Crippen molar-refractivity contribution in [1.82, 2.24) is 25.1 Å². The van der Waals surface area contributed by atoms with Crippen LogP contribution in [0.3, 0.4) is 0 Å². The molecule has 0 bridgehead atoms. The average molecular weight is 411 g/mol. The number of benzene rings is 1.